The molecule has 0 radical (unpaired) electrons. The average molecular weight is 473 g/mol. The molecule has 0 saturated carbocycles. The standard InChI is InChI=1S/C24H29ClN4O2S/c1-16-8-10-17(11-9-16)21(30)29-14-12-28(13-15-29)20-18(25)6-5-7-19(20)26-23(32)27-22(31)24(2,3)4/h5-11H,12-15H2,1-4H3,(H2,26,27,31,32). The molecule has 1 aliphatic heterocycles. The Morgan fingerprint density at radius 3 is 2.22 bits per heavy atom. The third kappa shape index (κ3) is 5.78. The minimum Gasteiger partial charge on any atom is -0.365 e. The van der Waals surface area contributed by atoms with Gasteiger partial charge in [0, 0.05) is 37.2 Å². The summed E-state index contributed by atoms with van der Waals surface area (Å²) in [7, 11) is 0. The highest BCUT2D eigenvalue weighted by molar-refractivity contribution is 7.80. The lowest BCUT2D eigenvalue weighted by Gasteiger charge is -2.37. The van der Waals surface area contributed by atoms with Gasteiger partial charge in [0.1, 0.15) is 0 Å². The normalized spacial score (nSPS) is 14.2. The minimum absolute atomic E-state index is 0.0354. The average Bonchev–Trinajstić information content (AvgIpc) is 2.73. The van der Waals surface area contributed by atoms with Crippen molar-refractivity contribution in [1.82, 2.24) is 10.2 Å². The molecule has 0 aliphatic carbocycles. The van der Waals surface area contributed by atoms with Crippen molar-refractivity contribution in [3.63, 3.8) is 0 Å². The molecule has 2 aromatic carbocycles. The van der Waals surface area contributed by atoms with Crippen LogP contribution >= 0.6 is 23.8 Å². The fraction of sp³-hybridized carbons (Fsp3) is 0.375. The first-order valence-corrected chi connectivity index (χ1v) is 11.4. The summed E-state index contributed by atoms with van der Waals surface area (Å²) >= 11 is 11.9. The predicted molar refractivity (Wildman–Crippen MR) is 135 cm³/mol. The summed E-state index contributed by atoms with van der Waals surface area (Å²) < 4.78 is 0. The number of carbonyl (C=O) groups excluding carboxylic acids is 2. The molecule has 32 heavy (non-hydrogen) atoms. The highest BCUT2D eigenvalue weighted by Gasteiger charge is 2.26. The molecule has 1 aliphatic rings. The predicted octanol–water partition coefficient (Wildman–Crippen LogP) is 4.47. The molecule has 170 valence electrons. The van der Waals surface area contributed by atoms with Crippen LogP contribution in [-0.4, -0.2) is 48.0 Å². The van der Waals surface area contributed by atoms with E-state index in [9.17, 15) is 9.59 Å². The largest absolute Gasteiger partial charge is 0.365 e. The zero-order chi connectivity index (χ0) is 23.5. The topological polar surface area (TPSA) is 64.7 Å². The van der Waals surface area contributed by atoms with E-state index in [2.05, 4.69) is 15.5 Å². The van der Waals surface area contributed by atoms with Crippen molar-refractivity contribution >= 4 is 52.1 Å². The Labute approximate surface area is 199 Å². The van der Waals surface area contributed by atoms with Crippen LogP contribution in [0.3, 0.4) is 0 Å². The first-order valence-electron chi connectivity index (χ1n) is 10.6. The van der Waals surface area contributed by atoms with E-state index in [4.69, 9.17) is 23.8 Å². The number of hydrogen-bond donors (Lipinski definition) is 2. The summed E-state index contributed by atoms with van der Waals surface area (Å²) in [6.45, 7) is 9.93. The number of carbonyl (C=O) groups is 2. The second-order valence-corrected chi connectivity index (χ2v) is 9.75. The van der Waals surface area contributed by atoms with Crippen LogP contribution < -0.4 is 15.5 Å². The second-order valence-electron chi connectivity index (χ2n) is 8.94. The molecule has 1 fully saturated rings. The molecule has 8 heteroatoms. The molecule has 6 nitrogen and oxygen atoms in total. The molecular formula is C24H29ClN4O2S. The van der Waals surface area contributed by atoms with E-state index in [0.29, 0.717) is 36.8 Å². The van der Waals surface area contributed by atoms with Crippen molar-refractivity contribution in [3.8, 4) is 0 Å². The van der Waals surface area contributed by atoms with Gasteiger partial charge in [-0.05, 0) is 43.4 Å². The van der Waals surface area contributed by atoms with Crippen LogP contribution in [0.4, 0.5) is 11.4 Å². The number of anilines is 2. The zero-order valence-corrected chi connectivity index (χ0v) is 20.4. The summed E-state index contributed by atoms with van der Waals surface area (Å²) in [5.74, 6) is -0.130. The SMILES string of the molecule is Cc1ccc(C(=O)N2CCN(c3c(Cl)cccc3NC(=S)NC(=O)C(C)(C)C)CC2)cc1. The number of rotatable bonds is 3. The maximum absolute atomic E-state index is 12.8. The number of para-hydroxylation sites is 1. The Balaban J connectivity index is 1.69. The molecule has 2 amide bonds. The van der Waals surface area contributed by atoms with Gasteiger partial charge in [-0.25, -0.2) is 0 Å². The van der Waals surface area contributed by atoms with Crippen LogP contribution in [0.15, 0.2) is 42.5 Å². The van der Waals surface area contributed by atoms with Gasteiger partial charge in [-0.1, -0.05) is 56.1 Å². The Kier molecular flexibility index (Phi) is 7.41. The van der Waals surface area contributed by atoms with Crippen molar-refractivity contribution in [2.24, 2.45) is 5.41 Å². The highest BCUT2D eigenvalue weighted by atomic mass is 35.5. The van der Waals surface area contributed by atoms with Crippen molar-refractivity contribution < 1.29 is 9.59 Å². The first-order chi connectivity index (χ1) is 15.1. The van der Waals surface area contributed by atoms with E-state index in [-0.39, 0.29) is 16.9 Å². The van der Waals surface area contributed by atoms with E-state index >= 15 is 0 Å². The molecule has 3 rings (SSSR count). The molecule has 0 aromatic heterocycles. The number of nitrogens with one attached hydrogen (secondary N) is 2. The Bertz CT molecular complexity index is 1010. The number of halogens is 1. The van der Waals surface area contributed by atoms with Crippen LogP contribution in [-0.2, 0) is 4.79 Å². The van der Waals surface area contributed by atoms with Crippen LogP contribution in [0.1, 0.15) is 36.7 Å². The van der Waals surface area contributed by atoms with Crippen LogP contribution in [0.5, 0.6) is 0 Å². The third-order valence-electron chi connectivity index (χ3n) is 5.32. The van der Waals surface area contributed by atoms with Gasteiger partial charge in [-0.15, -0.1) is 0 Å². The fourth-order valence-corrected chi connectivity index (χ4v) is 3.89. The molecule has 2 aromatic rings. The molecule has 0 bridgehead atoms. The number of nitrogens with zero attached hydrogens (tertiary/aromatic N) is 2. The molecule has 2 N–H and O–H groups in total. The number of thiocarbonyl (C=S) groups is 1. The lowest BCUT2D eigenvalue weighted by Crippen LogP contribution is -2.49. The molecule has 1 saturated heterocycles. The van der Waals surface area contributed by atoms with Gasteiger partial charge in [0.15, 0.2) is 5.11 Å². The third-order valence-corrected chi connectivity index (χ3v) is 5.83. The second kappa shape index (κ2) is 9.88. The number of aryl methyl sites for hydroxylation is 1. The van der Waals surface area contributed by atoms with Crippen molar-refractivity contribution in [2.45, 2.75) is 27.7 Å². The van der Waals surface area contributed by atoms with Crippen molar-refractivity contribution in [2.75, 3.05) is 36.4 Å². The summed E-state index contributed by atoms with van der Waals surface area (Å²) in [5.41, 5.74) is 2.80. The van der Waals surface area contributed by atoms with E-state index in [0.717, 1.165) is 16.9 Å². The van der Waals surface area contributed by atoms with Gasteiger partial charge in [0.2, 0.25) is 5.91 Å². The molecule has 0 atom stereocenters. The van der Waals surface area contributed by atoms with Gasteiger partial charge < -0.3 is 20.4 Å². The summed E-state index contributed by atoms with van der Waals surface area (Å²) in [5, 5.41) is 6.64. The van der Waals surface area contributed by atoms with E-state index in [1.807, 2.05) is 75.1 Å². The lowest BCUT2D eigenvalue weighted by atomic mass is 9.96. The lowest BCUT2D eigenvalue weighted by molar-refractivity contribution is -0.126. The Morgan fingerprint density at radius 1 is 1.00 bits per heavy atom. The van der Waals surface area contributed by atoms with E-state index < -0.39 is 5.41 Å². The zero-order valence-electron chi connectivity index (χ0n) is 18.9. The molecule has 0 unspecified atom stereocenters. The summed E-state index contributed by atoms with van der Waals surface area (Å²) in [6.07, 6.45) is 0. The Hall–Kier alpha value is -2.64. The smallest absolute Gasteiger partial charge is 0.253 e. The van der Waals surface area contributed by atoms with Gasteiger partial charge in [-0.3, -0.25) is 9.59 Å². The maximum atomic E-state index is 12.8. The first kappa shape index (κ1) is 24.0. The van der Waals surface area contributed by atoms with Gasteiger partial charge >= 0.3 is 0 Å². The van der Waals surface area contributed by atoms with Gasteiger partial charge in [0.25, 0.3) is 5.91 Å². The Morgan fingerprint density at radius 2 is 1.62 bits per heavy atom. The maximum Gasteiger partial charge on any atom is 0.253 e. The molecular weight excluding hydrogens is 444 g/mol. The quantitative estimate of drug-likeness (QED) is 0.645. The van der Waals surface area contributed by atoms with E-state index in [1.165, 1.54) is 0 Å². The monoisotopic (exact) mass is 472 g/mol. The number of hydrogen-bond acceptors (Lipinski definition) is 4. The van der Waals surface area contributed by atoms with Crippen LogP contribution in [0, 0.1) is 12.3 Å². The van der Waals surface area contributed by atoms with Crippen LogP contribution in [0.2, 0.25) is 5.02 Å². The summed E-state index contributed by atoms with van der Waals surface area (Å²) in [4.78, 5) is 29.1. The van der Waals surface area contributed by atoms with E-state index in [1.54, 1.807) is 0 Å². The fourth-order valence-electron chi connectivity index (χ4n) is 3.39. The molecule has 0 spiro atoms. The number of amides is 2. The molecule has 1 heterocycles. The summed E-state index contributed by atoms with van der Waals surface area (Å²) in [6, 6.07) is 13.2. The van der Waals surface area contributed by atoms with Crippen LogP contribution in [0.25, 0.3) is 0 Å². The number of piperazine rings is 1. The van der Waals surface area contributed by atoms with Gasteiger partial charge in [0.05, 0.1) is 16.4 Å². The minimum atomic E-state index is -0.552. The van der Waals surface area contributed by atoms with Crippen molar-refractivity contribution in [1.29, 1.82) is 0 Å². The van der Waals surface area contributed by atoms with Gasteiger partial charge in [-0.2, -0.15) is 0 Å². The van der Waals surface area contributed by atoms with Crippen molar-refractivity contribution in [3.05, 3.63) is 58.6 Å². The number of benzene rings is 2. The highest BCUT2D eigenvalue weighted by Crippen LogP contribution is 2.34.